The number of benzene rings is 1. The van der Waals surface area contributed by atoms with E-state index in [9.17, 15) is 0 Å². The Balaban J connectivity index is 2.57. The molecular weight excluding hydrogens is 252 g/mol. The minimum absolute atomic E-state index is 0.985. The normalized spacial score (nSPS) is 11.5. The maximum atomic E-state index is 3.50. The van der Waals surface area contributed by atoms with Crippen molar-refractivity contribution in [1.29, 1.82) is 0 Å². The van der Waals surface area contributed by atoms with Gasteiger partial charge in [-0.25, -0.2) is 0 Å². The van der Waals surface area contributed by atoms with Crippen molar-refractivity contribution in [2.75, 3.05) is 14.1 Å². The molecule has 0 saturated heterocycles. The average Bonchev–Trinajstić information content (AvgIpc) is 2.42. The second kappa shape index (κ2) is 3.99. The first-order valence-corrected chi connectivity index (χ1v) is 5.75. The molecule has 0 N–H and O–H groups in total. The second-order valence-corrected chi connectivity index (χ2v) is 5.08. The predicted octanol–water partition coefficient (Wildman–Crippen LogP) is 3.00. The number of rotatable bonds is 2. The Labute approximate surface area is 98.6 Å². The monoisotopic (exact) mass is 266 g/mol. The van der Waals surface area contributed by atoms with E-state index in [1.807, 2.05) is 0 Å². The zero-order valence-corrected chi connectivity index (χ0v) is 10.9. The quantitative estimate of drug-likeness (QED) is 0.812. The van der Waals surface area contributed by atoms with Crippen molar-refractivity contribution in [3.8, 4) is 0 Å². The maximum Gasteiger partial charge on any atom is 0.0492 e. The molecule has 0 saturated carbocycles. The van der Waals surface area contributed by atoms with Gasteiger partial charge in [0.25, 0.3) is 0 Å². The number of hydrogen-bond donors (Lipinski definition) is 0. The summed E-state index contributed by atoms with van der Waals surface area (Å²) in [7, 11) is 6.28. The molecule has 80 valence electrons. The number of nitrogens with zero attached hydrogens (tertiary/aromatic N) is 2. The van der Waals surface area contributed by atoms with Gasteiger partial charge in [-0.3, -0.25) is 0 Å². The minimum atomic E-state index is 0.985. The third-order valence-electron chi connectivity index (χ3n) is 2.52. The summed E-state index contributed by atoms with van der Waals surface area (Å²) in [6, 6.07) is 6.44. The summed E-state index contributed by atoms with van der Waals surface area (Å²) in [4.78, 5) is 2.19. The van der Waals surface area contributed by atoms with Crippen molar-refractivity contribution >= 4 is 26.8 Å². The average molecular weight is 267 g/mol. The second-order valence-electron chi connectivity index (χ2n) is 4.16. The first-order chi connectivity index (χ1) is 7.08. The van der Waals surface area contributed by atoms with Gasteiger partial charge in [0.05, 0.1) is 0 Å². The van der Waals surface area contributed by atoms with E-state index in [0.29, 0.717) is 0 Å². The van der Waals surface area contributed by atoms with Crippen LogP contribution in [0, 0.1) is 0 Å². The molecule has 0 aliphatic rings. The Morgan fingerprint density at radius 1 is 1.33 bits per heavy atom. The van der Waals surface area contributed by atoms with Crippen molar-refractivity contribution in [3.05, 3.63) is 34.4 Å². The Bertz CT molecular complexity index is 486. The van der Waals surface area contributed by atoms with E-state index in [1.165, 1.54) is 16.5 Å². The molecule has 0 aliphatic heterocycles. The maximum absolute atomic E-state index is 3.50. The van der Waals surface area contributed by atoms with Crippen LogP contribution in [0.1, 0.15) is 5.56 Å². The van der Waals surface area contributed by atoms with Crippen LogP contribution in [0.25, 0.3) is 10.9 Å². The Morgan fingerprint density at radius 2 is 2.07 bits per heavy atom. The van der Waals surface area contributed by atoms with Crippen molar-refractivity contribution in [1.82, 2.24) is 9.47 Å². The molecule has 0 unspecified atom stereocenters. The largest absolute Gasteiger partial charge is 0.350 e. The third-order valence-corrected chi connectivity index (χ3v) is 3.02. The highest BCUT2D eigenvalue weighted by Crippen LogP contribution is 2.24. The van der Waals surface area contributed by atoms with Gasteiger partial charge in [0.2, 0.25) is 0 Å². The first-order valence-electron chi connectivity index (χ1n) is 4.96. The molecule has 2 nitrogen and oxygen atoms in total. The van der Waals surface area contributed by atoms with Gasteiger partial charge in [0.1, 0.15) is 0 Å². The molecule has 0 amide bonds. The van der Waals surface area contributed by atoms with E-state index in [0.717, 1.165) is 11.0 Å². The number of fused-ring (bicyclic) bond motifs is 1. The first kappa shape index (κ1) is 10.7. The van der Waals surface area contributed by atoms with Crippen LogP contribution in [-0.4, -0.2) is 23.6 Å². The Morgan fingerprint density at radius 3 is 2.73 bits per heavy atom. The zero-order chi connectivity index (χ0) is 11.0. The SMILES string of the molecule is CN(C)Cc1cn(C)c2cc(Br)ccc12. The molecule has 3 heteroatoms. The molecule has 1 aromatic carbocycles. The summed E-state index contributed by atoms with van der Waals surface area (Å²) in [5, 5.41) is 1.34. The van der Waals surface area contributed by atoms with Crippen molar-refractivity contribution in [2.45, 2.75) is 6.54 Å². The molecule has 15 heavy (non-hydrogen) atoms. The predicted molar refractivity (Wildman–Crippen MR) is 68.0 cm³/mol. The molecule has 0 radical (unpaired) electrons. The van der Waals surface area contributed by atoms with Crippen molar-refractivity contribution < 1.29 is 0 Å². The van der Waals surface area contributed by atoms with E-state index < -0.39 is 0 Å². The Hall–Kier alpha value is -0.800. The van der Waals surface area contributed by atoms with Gasteiger partial charge in [-0.2, -0.15) is 0 Å². The molecule has 2 aromatic rings. The fraction of sp³-hybridized carbons (Fsp3) is 0.333. The highest BCUT2D eigenvalue weighted by molar-refractivity contribution is 9.10. The highest BCUT2D eigenvalue weighted by Gasteiger charge is 2.07. The summed E-state index contributed by atoms with van der Waals surface area (Å²) >= 11 is 3.50. The lowest BCUT2D eigenvalue weighted by molar-refractivity contribution is 0.404. The lowest BCUT2D eigenvalue weighted by atomic mass is 10.2. The van der Waals surface area contributed by atoms with Crippen LogP contribution in [-0.2, 0) is 13.6 Å². The van der Waals surface area contributed by atoms with E-state index in [2.05, 4.69) is 70.9 Å². The molecule has 1 heterocycles. The molecule has 1 aromatic heterocycles. The topological polar surface area (TPSA) is 8.17 Å². The molecule has 0 bridgehead atoms. The molecule has 0 aliphatic carbocycles. The lowest BCUT2D eigenvalue weighted by Crippen LogP contribution is -2.10. The standard InChI is InChI=1S/C12H15BrN2/c1-14(2)7-9-8-15(3)12-6-10(13)4-5-11(9)12/h4-6,8H,7H2,1-3H3. The summed E-state index contributed by atoms with van der Waals surface area (Å²) < 4.78 is 3.31. The summed E-state index contributed by atoms with van der Waals surface area (Å²) in [5.74, 6) is 0. The fourth-order valence-electron chi connectivity index (χ4n) is 1.91. The van der Waals surface area contributed by atoms with Crippen LogP contribution in [0.2, 0.25) is 0 Å². The van der Waals surface area contributed by atoms with Crippen LogP contribution in [0.5, 0.6) is 0 Å². The van der Waals surface area contributed by atoms with Gasteiger partial charge in [0.15, 0.2) is 0 Å². The van der Waals surface area contributed by atoms with Gasteiger partial charge in [0, 0.05) is 35.2 Å². The van der Waals surface area contributed by atoms with Crippen molar-refractivity contribution in [3.63, 3.8) is 0 Å². The number of hydrogen-bond acceptors (Lipinski definition) is 1. The van der Waals surface area contributed by atoms with Crippen molar-refractivity contribution in [2.24, 2.45) is 7.05 Å². The van der Waals surface area contributed by atoms with E-state index in [1.54, 1.807) is 0 Å². The third kappa shape index (κ3) is 2.08. The van der Waals surface area contributed by atoms with Gasteiger partial charge in [-0.05, 0) is 31.8 Å². The number of aryl methyl sites for hydroxylation is 1. The van der Waals surface area contributed by atoms with E-state index in [-0.39, 0.29) is 0 Å². The van der Waals surface area contributed by atoms with Gasteiger partial charge in [-0.15, -0.1) is 0 Å². The van der Waals surface area contributed by atoms with Crippen LogP contribution in [0.15, 0.2) is 28.9 Å². The smallest absolute Gasteiger partial charge is 0.0492 e. The van der Waals surface area contributed by atoms with Crippen LogP contribution >= 0.6 is 15.9 Å². The van der Waals surface area contributed by atoms with Gasteiger partial charge >= 0.3 is 0 Å². The lowest BCUT2D eigenvalue weighted by Gasteiger charge is -2.07. The molecular formula is C12H15BrN2. The summed E-state index contributed by atoms with van der Waals surface area (Å²) in [5.41, 5.74) is 2.66. The molecule has 0 atom stereocenters. The highest BCUT2D eigenvalue weighted by atomic mass is 79.9. The molecule has 0 fully saturated rings. The number of aromatic nitrogens is 1. The van der Waals surface area contributed by atoms with Crippen LogP contribution in [0.3, 0.4) is 0 Å². The van der Waals surface area contributed by atoms with Crippen LogP contribution in [0.4, 0.5) is 0 Å². The van der Waals surface area contributed by atoms with E-state index in [4.69, 9.17) is 0 Å². The fourth-order valence-corrected chi connectivity index (χ4v) is 2.26. The summed E-state index contributed by atoms with van der Waals surface area (Å²) in [6.45, 7) is 0.985. The van der Waals surface area contributed by atoms with E-state index >= 15 is 0 Å². The Kier molecular flexibility index (Phi) is 2.85. The minimum Gasteiger partial charge on any atom is -0.350 e. The van der Waals surface area contributed by atoms with Crippen LogP contribution < -0.4 is 0 Å². The number of halogens is 1. The summed E-state index contributed by atoms with van der Waals surface area (Å²) in [6.07, 6.45) is 2.21. The molecule has 2 rings (SSSR count). The molecule has 0 spiro atoms. The zero-order valence-electron chi connectivity index (χ0n) is 9.29. The van der Waals surface area contributed by atoms with Gasteiger partial charge < -0.3 is 9.47 Å². The van der Waals surface area contributed by atoms with Gasteiger partial charge in [-0.1, -0.05) is 22.0 Å².